The third-order valence-corrected chi connectivity index (χ3v) is 8.47. The van der Waals surface area contributed by atoms with Gasteiger partial charge in [-0.1, -0.05) is 58.0 Å². The van der Waals surface area contributed by atoms with Gasteiger partial charge in [-0.05, 0) is 41.0 Å². The fourth-order valence-corrected chi connectivity index (χ4v) is 6.55. The highest BCUT2D eigenvalue weighted by Crippen LogP contribution is 2.43. The minimum absolute atomic E-state index is 0.0993. The number of rotatable bonds is 6. The smallest absolute Gasteiger partial charge is 0.347 e. The van der Waals surface area contributed by atoms with E-state index < -0.39 is 39.2 Å². The van der Waals surface area contributed by atoms with Crippen molar-refractivity contribution in [3.05, 3.63) is 59.8 Å². The molecule has 0 spiro atoms. The van der Waals surface area contributed by atoms with E-state index in [0.29, 0.717) is 0 Å². The molecule has 4 rings (SSSR count). The van der Waals surface area contributed by atoms with E-state index in [1.807, 2.05) is 25.5 Å². The van der Waals surface area contributed by atoms with Crippen LogP contribution in [0.2, 0.25) is 0 Å². The van der Waals surface area contributed by atoms with Crippen LogP contribution >= 0.6 is 0 Å². The van der Waals surface area contributed by atoms with Crippen LogP contribution in [0.3, 0.4) is 0 Å². The van der Waals surface area contributed by atoms with Crippen molar-refractivity contribution in [2.24, 2.45) is 11.3 Å². The average molecular weight is 547 g/mol. The Morgan fingerprint density at radius 3 is 2.19 bits per heavy atom. The zero-order valence-corrected chi connectivity index (χ0v) is 21.5. The van der Waals surface area contributed by atoms with Crippen molar-refractivity contribution in [1.82, 2.24) is 9.29 Å². The molecule has 0 saturated heterocycles. The average Bonchev–Trinajstić information content (AvgIpc) is 3.41. The molecule has 11 heteroatoms. The molecule has 0 amide bonds. The van der Waals surface area contributed by atoms with Crippen LogP contribution in [-0.4, -0.2) is 24.4 Å². The standard InChI is InChI=1S/C26H28F6N2O2S/c1-15-11-22(15)37(35,36)33-23(26(30,31)32)19-13-34(14-24(2,3)4)21-12-16(9-10-18(19)21)17-7-5-6-8-20(17)25(27,28)29/h5-10,12-13,15,22-23,33H,11,14H2,1-4H3/t15-,22?,23-/m0/s1. The number of nitrogens with one attached hydrogen (secondary N) is 1. The Hall–Kier alpha value is -2.53. The lowest BCUT2D eigenvalue weighted by atomic mass is 9.96. The molecule has 0 radical (unpaired) electrons. The van der Waals surface area contributed by atoms with Crippen molar-refractivity contribution in [3.8, 4) is 11.1 Å². The molecule has 1 N–H and O–H groups in total. The van der Waals surface area contributed by atoms with Crippen molar-refractivity contribution in [2.75, 3.05) is 0 Å². The van der Waals surface area contributed by atoms with Gasteiger partial charge in [-0.2, -0.15) is 31.1 Å². The molecular weight excluding hydrogens is 518 g/mol. The molecule has 1 saturated carbocycles. The van der Waals surface area contributed by atoms with E-state index in [9.17, 15) is 34.8 Å². The van der Waals surface area contributed by atoms with Crippen molar-refractivity contribution in [3.63, 3.8) is 0 Å². The summed E-state index contributed by atoms with van der Waals surface area (Å²) in [4.78, 5) is 0. The lowest BCUT2D eigenvalue weighted by Crippen LogP contribution is -2.40. The molecule has 3 atom stereocenters. The molecule has 1 aliphatic carbocycles. The number of sulfonamides is 1. The summed E-state index contributed by atoms with van der Waals surface area (Å²) in [7, 11) is -4.24. The van der Waals surface area contributed by atoms with E-state index in [1.54, 1.807) is 11.5 Å². The molecule has 202 valence electrons. The van der Waals surface area contributed by atoms with Gasteiger partial charge < -0.3 is 4.57 Å². The molecule has 1 aromatic heterocycles. The number of benzene rings is 2. The molecule has 1 heterocycles. The molecule has 2 aromatic carbocycles. The van der Waals surface area contributed by atoms with Crippen molar-refractivity contribution in [2.45, 2.75) is 64.3 Å². The Bertz CT molecular complexity index is 1420. The first-order chi connectivity index (χ1) is 16.9. The first-order valence-corrected chi connectivity index (χ1v) is 13.3. The summed E-state index contributed by atoms with van der Waals surface area (Å²) in [5, 5.41) is -0.767. The minimum Gasteiger partial charge on any atom is -0.347 e. The predicted molar refractivity (Wildman–Crippen MR) is 130 cm³/mol. The summed E-state index contributed by atoms with van der Waals surface area (Å²) < 4.78 is 112. The normalized spacial score (nSPS) is 19.8. The van der Waals surface area contributed by atoms with Crippen LogP contribution in [0.1, 0.15) is 51.3 Å². The summed E-state index contributed by atoms with van der Waals surface area (Å²) in [6.07, 6.45) is -8.02. The van der Waals surface area contributed by atoms with Crippen LogP contribution in [0.15, 0.2) is 48.7 Å². The zero-order valence-electron chi connectivity index (χ0n) is 20.7. The van der Waals surface area contributed by atoms with Crippen LogP contribution in [0.25, 0.3) is 22.0 Å². The summed E-state index contributed by atoms with van der Waals surface area (Å²) in [5.74, 6) is -0.232. The Kier molecular flexibility index (Phi) is 6.72. The van der Waals surface area contributed by atoms with Crippen LogP contribution in [0.5, 0.6) is 0 Å². The molecule has 4 nitrogen and oxygen atoms in total. The number of aromatic nitrogens is 1. The number of halogens is 6. The van der Waals surface area contributed by atoms with Gasteiger partial charge >= 0.3 is 12.4 Å². The van der Waals surface area contributed by atoms with Crippen LogP contribution < -0.4 is 4.72 Å². The lowest BCUT2D eigenvalue weighted by molar-refractivity contribution is -0.152. The van der Waals surface area contributed by atoms with Crippen molar-refractivity contribution < 1.29 is 34.8 Å². The fraction of sp³-hybridized carbons (Fsp3) is 0.462. The van der Waals surface area contributed by atoms with Gasteiger partial charge in [0.25, 0.3) is 0 Å². The molecule has 3 aromatic rings. The Morgan fingerprint density at radius 1 is 1.03 bits per heavy atom. The maximum atomic E-state index is 14.3. The summed E-state index contributed by atoms with van der Waals surface area (Å²) in [6.45, 7) is 7.53. The lowest BCUT2D eigenvalue weighted by Gasteiger charge is -2.22. The zero-order chi connectivity index (χ0) is 27.6. The van der Waals surface area contributed by atoms with Gasteiger partial charge in [0.05, 0.1) is 10.8 Å². The second-order valence-electron chi connectivity index (χ2n) is 10.9. The largest absolute Gasteiger partial charge is 0.417 e. The van der Waals surface area contributed by atoms with Gasteiger partial charge in [-0.15, -0.1) is 0 Å². The Labute approximate surface area is 211 Å². The highest BCUT2D eigenvalue weighted by molar-refractivity contribution is 7.90. The predicted octanol–water partition coefficient (Wildman–Crippen LogP) is 7.30. The first kappa shape index (κ1) is 27.5. The second kappa shape index (κ2) is 9.04. The Morgan fingerprint density at radius 2 is 1.65 bits per heavy atom. The summed E-state index contributed by atoms with van der Waals surface area (Å²) in [5.41, 5.74) is -1.16. The van der Waals surface area contributed by atoms with E-state index >= 15 is 0 Å². The van der Waals surface area contributed by atoms with Crippen molar-refractivity contribution in [1.29, 1.82) is 0 Å². The van der Waals surface area contributed by atoms with Gasteiger partial charge in [0, 0.05) is 29.2 Å². The van der Waals surface area contributed by atoms with E-state index in [-0.39, 0.29) is 51.9 Å². The molecular formula is C26H28F6N2O2S. The second-order valence-corrected chi connectivity index (χ2v) is 12.9. The third-order valence-electron chi connectivity index (χ3n) is 6.46. The minimum atomic E-state index is -4.94. The summed E-state index contributed by atoms with van der Waals surface area (Å²) >= 11 is 0. The molecule has 0 aliphatic heterocycles. The monoisotopic (exact) mass is 546 g/mol. The van der Waals surface area contributed by atoms with Gasteiger partial charge in [-0.3, -0.25) is 0 Å². The maximum Gasteiger partial charge on any atom is 0.417 e. The van der Waals surface area contributed by atoms with Gasteiger partial charge in [0.1, 0.15) is 6.04 Å². The Balaban J connectivity index is 1.90. The van der Waals surface area contributed by atoms with Crippen molar-refractivity contribution >= 4 is 20.9 Å². The number of alkyl halides is 6. The summed E-state index contributed by atoms with van der Waals surface area (Å²) in [6, 6.07) is 6.59. The number of hydrogen-bond acceptors (Lipinski definition) is 2. The maximum absolute atomic E-state index is 14.3. The molecule has 1 unspecified atom stereocenters. The number of hydrogen-bond donors (Lipinski definition) is 1. The number of fused-ring (bicyclic) bond motifs is 1. The van der Waals surface area contributed by atoms with Crippen LogP contribution in [0, 0.1) is 11.3 Å². The SMILES string of the molecule is C[C@H]1CC1S(=O)(=O)N[C@@H](c1cn(CC(C)(C)C)c2cc(-c3ccccc3C(F)(F)F)ccc12)C(F)(F)F. The number of nitrogens with zero attached hydrogens (tertiary/aromatic N) is 1. The van der Waals surface area contributed by atoms with E-state index in [1.165, 1.54) is 42.6 Å². The van der Waals surface area contributed by atoms with Gasteiger partial charge in [0.15, 0.2) is 0 Å². The first-order valence-electron chi connectivity index (χ1n) is 11.8. The van der Waals surface area contributed by atoms with Gasteiger partial charge in [0.2, 0.25) is 10.0 Å². The van der Waals surface area contributed by atoms with E-state index in [4.69, 9.17) is 0 Å². The highest BCUT2D eigenvalue weighted by atomic mass is 32.2. The van der Waals surface area contributed by atoms with Crippen LogP contribution in [-0.2, 0) is 22.7 Å². The quantitative estimate of drug-likeness (QED) is 0.330. The highest BCUT2D eigenvalue weighted by Gasteiger charge is 2.50. The molecule has 1 fully saturated rings. The van der Waals surface area contributed by atoms with Gasteiger partial charge in [-0.25, -0.2) is 8.42 Å². The van der Waals surface area contributed by atoms with E-state index in [2.05, 4.69) is 0 Å². The van der Waals surface area contributed by atoms with Crippen LogP contribution in [0.4, 0.5) is 26.3 Å². The molecule has 1 aliphatic rings. The third kappa shape index (κ3) is 5.82. The molecule has 37 heavy (non-hydrogen) atoms. The van der Waals surface area contributed by atoms with E-state index in [0.717, 1.165) is 6.07 Å². The topological polar surface area (TPSA) is 51.1 Å². The fourth-order valence-electron chi connectivity index (χ4n) is 4.62. The molecule has 0 bridgehead atoms.